The quantitative estimate of drug-likeness (QED) is 0.606. The van der Waals surface area contributed by atoms with Gasteiger partial charge in [-0.05, 0) is 12.8 Å². The fourth-order valence-corrected chi connectivity index (χ4v) is 3.04. The van der Waals surface area contributed by atoms with Crippen molar-refractivity contribution in [1.29, 1.82) is 0 Å². The van der Waals surface area contributed by atoms with E-state index in [1.165, 1.54) is 0 Å². The van der Waals surface area contributed by atoms with E-state index in [0.717, 1.165) is 0 Å². The summed E-state index contributed by atoms with van der Waals surface area (Å²) in [7, 11) is 0. The van der Waals surface area contributed by atoms with E-state index < -0.39 is 12.0 Å². The van der Waals surface area contributed by atoms with Crippen molar-refractivity contribution in [3.05, 3.63) is 0 Å². The van der Waals surface area contributed by atoms with Gasteiger partial charge in [0.1, 0.15) is 0 Å². The van der Waals surface area contributed by atoms with Gasteiger partial charge in [-0.3, -0.25) is 14.4 Å². The molecule has 6 heteroatoms. The van der Waals surface area contributed by atoms with Crippen LogP contribution in [0.3, 0.4) is 0 Å². The Hall–Kier alpha value is -1.04. The molecule has 0 aliphatic carbocycles. The van der Waals surface area contributed by atoms with E-state index >= 15 is 0 Å². The van der Waals surface area contributed by atoms with E-state index in [0.29, 0.717) is 18.8 Å². The van der Waals surface area contributed by atoms with Crippen LogP contribution in [0.5, 0.6) is 0 Å². The zero-order valence-corrected chi connectivity index (χ0v) is 16.9. The molecule has 0 aliphatic rings. The van der Waals surface area contributed by atoms with Crippen molar-refractivity contribution >= 4 is 29.4 Å². The molecule has 0 rings (SSSR count). The van der Waals surface area contributed by atoms with Crippen LogP contribution in [0.25, 0.3) is 0 Å². The normalized spacial score (nSPS) is 14.2. The van der Waals surface area contributed by atoms with E-state index in [1.807, 2.05) is 13.8 Å². The SMILES string of the molecule is CCOC(=O)[C@H](CSC(C)(C)C)CC(=O)[C@@H](NC(=O)CC)C(C)C. The highest BCUT2D eigenvalue weighted by Gasteiger charge is 2.30. The summed E-state index contributed by atoms with van der Waals surface area (Å²) < 4.78 is 5.12. The van der Waals surface area contributed by atoms with Crippen molar-refractivity contribution in [2.75, 3.05) is 12.4 Å². The fourth-order valence-electron chi connectivity index (χ4n) is 2.09. The van der Waals surface area contributed by atoms with E-state index in [9.17, 15) is 14.4 Å². The van der Waals surface area contributed by atoms with Crippen LogP contribution in [0, 0.1) is 11.8 Å². The van der Waals surface area contributed by atoms with E-state index in [4.69, 9.17) is 4.74 Å². The average Bonchev–Trinajstić information content (AvgIpc) is 2.47. The third-order valence-electron chi connectivity index (χ3n) is 3.44. The van der Waals surface area contributed by atoms with Crippen LogP contribution in [0.2, 0.25) is 0 Å². The number of ether oxygens (including phenoxy) is 1. The number of hydrogen-bond acceptors (Lipinski definition) is 5. The highest BCUT2D eigenvalue weighted by atomic mass is 32.2. The molecular formula is C18H33NO4S. The summed E-state index contributed by atoms with van der Waals surface area (Å²) in [6.45, 7) is 13.8. The number of rotatable bonds is 10. The lowest BCUT2D eigenvalue weighted by molar-refractivity contribution is -0.149. The predicted octanol–water partition coefficient (Wildman–Crippen LogP) is 3.21. The summed E-state index contributed by atoms with van der Waals surface area (Å²) in [6, 6.07) is -0.561. The Labute approximate surface area is 150 Å². The van der Waals surface area contributed by atoms with E-state index in [2.05, 4.69) is 26.1 Å². The molecule has 0 aromatic carbocycles. The number of thioether (sulfide) groups is 1. The average molecular weight is 360 g/mol. The fraction of sp³-hybridized carbons (Fsp3) is 0.833. The van der Waals surface area contributed by atoms with Crippen molar-refractivity contribution in [3.63, 3.8) is 0 Å². The number of amides is 1. The van der Waals surface area contributed by atoms with Gasteiger partial charge in [-0.2, -0.15) is 11.8 Å². The van der Waals surface area contributed by atoms with Crippen LogP contribution in [0.1, 0.15) is 61.3 Å². The second-order valence-electron chi connectivity index (χ2n) is 7.19. The Morgan fingerprint density at radius 3 is 2.12 bits per heavy atom. The summed E-state index contributed by atoms with van der Waals surface area (Å²) in [6.07, 6.45) is 0.423. The second-order valence-corrected chi connectivity index (χ2v) is 9.03. The molecule has 0 bridgehead atoms. The summed E-state index contributed by atoms with van der Waals surface area (Å²) in [5.74, 6) is -0.585. The smallest absolute Gasteiger partial charge is 0.310 e. The van der Waals surface area contributed by atoms with Crippen LogP contribution in [-0.2, 0) is 19.1 Å². The van der Waals surface area contributed by atoms with Crippen LogP contribution in [-0.4, -0.2) is 40.8 Å². The zero-order valence-electron chi connectivity index (χ0n) is 16.1. The Kier molecular flexibility index (Phi) is 10.3. The lowest BCUT2D eigenvalue weighted by atomic mass is 9.93. The minimum Gasteiger partial charge on any atom is -0.466 e. The van der Waals surface area contributed by atoms with Gasteiger partial charge < -0.3 is 10.1 Å². The van der Waals surface area contributed by atoms with Gasteiger partial charge in [0.2, 0.25) is 5.91 Å². The van der Waals surface area contributed by atoms with E-state index in [1.54, 1.807) is 25.6 Å². The number of hydrogen-bond donors (Lipinski definition) is 1. The molecule has 0 saturated carbocycles. The predicted molar refractivity (Wildman–Crippen MR) is 99.0 cm³/mol. The van der Waals surface area contributed by atoms with Crippen LogP contribution in [0.4, 0.5) is 0 Å². The minimum atomic E-state index is -0.561. The van der Waals surface area contributed by atoms with Gasteiger partial charge in [0.15, 0.2) is 5.78 Å². The molecule has 1 amide bonds. The number of carbonyl (C=O) groups excluding carboxylic acids is 3. The Morgan fingerprint density at radius 1 is 1.12 bits per heavy atom. The Balaban J connectivity index is 5.03. The number of esters is 1. The third-order valence-corrected chi connectivity index (χ3v) is 4.87. The Morgan fingerprint density at radius 2 is 1.71 bits per heavy atom. The summed E-state index contributed by atoms with van der Waals surface area (Å²) >= 11 is 1.64. The molecule has 24 heavy (non-hydrogen) atoms. The molecule has 0 aliphatic heterocycles. The van der Waals surface area contributed by atoms with Crippen molar-refractivity contribution in [2.45, 2.75) is 72.1 Å². The molecule has 0 aromatic rings. The second kappa shape index (κ2) is 10.7. The standard InChI is InChI=1S/C18H33NO4S/c1-8-15(21)19-16(12(3)4)14(20)10-13(17(22)23-9-2)11-24-18(5,6)7/h12-13,16H,8-11H2,1-7H3,(H,19,21)/t13-,16-/m0/s1. The maximum Gasteiger partial charge on any atom is 0.310 e. The van der Waals surface area contributed by atoms with Gasteiger partial charge in [0.05, 0.1) is 18.6 Å². The lowest BCUT2D eigenvalue weighted by Crippen LogP contribution is -2.45. The van der Waals surface area contributed by atoms with Crippen LogP contribution in [0.15, 0.2) is 0 Å². The van der Waals surface area contributed by atoms with Gasteiger partial charge in [-0.1, -0.05) is 41.5 Å². The summed E-state index contributed by atoms with van der Waals surface area (Å²) in [5.41, 5.74) is 0. The molecule has 0 unspecified atom stereocenters. The first-order valence-electron chi connectivity index (χ1n) is 8.64. The van der Waals surface area contributed by atoms with Crippen molar-refractivity contribution < 1.29 is 19.1 Å². The maximum absolute atomic E-state index is 12.6. The van der Waals surface area contributed by atoms with Gasteiger partial charge in [-0.15, -0.1) is 0 Å². The molecule has 0 heterocycles. The number of Topliss-reactive ketones (excluding diaryl/α,β-unsaturated/α-hetero) is 1. The number of carbonyl (C=O) groups is 3. The van der Waals surface area contributed by atoms with Gasteiger partial charge in [0.25, 0.3) is 0 Å². The number of nitrogens with one attached hydrogen (secondary N) is 1. The largest absolute Gasteiger partial charge is 0.466 e. The molecule has 0 radical (unpaired) electrons. The molecule has 0 spiro atoms. The highest BCUT2D eigenvalue weighted by Crippen LogP contribution is 2.27. The third kappa shape index (κ3) is 9.30. The van der Waals surface area contributed by atoms with Crippen molar-refractivity contribution in [3.8, 4) is 0 Å². The molecule has 0 saturated heterocycles. The molecular weight excluding hydrogens is 326 g/mol. The van der Waals surface area contributed by atoms with E-state index in [-0.39, 0.29) is 34.7 Å². The first-order valence-corrected chi connectivity index (χ1v) is 9.63. The molecule has 140 valence electrons. The lowest BCUT2D eigenvalue weighted by Gasteiger charge is -2.25. The Bertz CT molecular complexity index is 429. The van der Waals surface area contributed by atoms with Crippen molar-refractivity contribution in [1.82, 2.24) is 5.32 Å². The molecule has 0 fully saturated rings. The molecule has 1 N–H and O–H groups in total. The summed E-state index contributed by atoms with van der Waals surface area (Å²) in [5, 5.41) is 2.77. The highest BCUT2D eigenvalue weighted by molar-refractivity contribution is 8.00. The first-order chi connectivity index (χ1) is 11.0. The monoisotopic (exact) mass is 359 g/mol. The number of ketones is 1. The molecule has 0 aromatic heterocycles. The maximum atomic E-state index is 12.6. The van der Waals surface area contributed by atoms with Gasteiger partial charge in [0, 0.05) is 23.3 Å². The minimum absolute atomic E-state index is 0.00165. The van der Waals surface area contributed by atoms with Crippen LogP contribution >= 0.6 is 11.8 Å². The zero-order chi connectivity index (χ0) is 18.9. The van der Waals surface area contributed by atoms with Gasteiger partial charge >= 0.3 is 5.97 Å². The summed E-state index contributed by atoms with van der Waals surface area (Å²) in [4.78, 5) is 36.5. The van der Waals surface area contributed by atoms with Gasteiger partial charge in [-0.25, -0.2) is 0 Å². The first kappa shape index (κ1) is 23.0. The van der Waals surface area contributed by atoms with Crippen LogP contribution < -0.4 is 5.32 Å². The molecule has 2 atom stereocenters. The molecule has 5 nitrogen and oxygen atoms in total. The van der Waals surface area contributed by atoms with Crippen molar-refractivity contribution in [2.24, 2.45) is 11.8 Å². The topological polar surface area (TPSA) is 72.5 Å².